The van der Waals surface area contributed by atoms with Crippen LogP contribution in [0.2, 0.25) is 0 Å². The van der Waals surface area contributed by atoms with Crippen LogP contribution < -0.4 is 15.8 Å². The number of carbonyl (C=O) groups is 2. The maximum Gasteiger partial charge on any atom is 0.271 e. The molecule has 0 aliphatic rings. The molecule has 2 amide bonds. The van der Waals surface area contributed by atoms with E-state index in [1.54, 1.807) is 13.0 Å². The molecule has 124 valence electrons. The Hall–Kier alpha value is -3.42. The van der Waals surface area contributed by atoms with Gasteiger partial charge in [0.25, 0.3) is 11.6 Å². The molecule has 2 rings (SSSR count). The molecule has 0 aliphatic heterocycles. The topological polar surface area (TPSA) is 125 Å². The molecule has 0 aromatic heterocycles. The van der Waals surface area contributed by atoms with Gasteiger partial charge in [-0.3, -0.25) is 19.7 Å². The molecule has 0 aliphatic carbocycles. The van der Waals surface area contributed by atoms with E-state index in [1.165, 1.54) is 36.4 Å². The van der Waals surface area contributed by atoms with Gasteiger partial charge in [0.05, 0.1) is 10.6 Å². The zero-order valence-electron chi connectivity index (χ0n) is 12.8. The van der Waals surface area contributed by atoms with Crippen molar-refractivity contribution in [3.63, 3.8) is 0 Å². The molecular formula is C16H15N3O5. The smallest absolute Gasteiger partial charge is 0.271 e. The zero-order chi connectivity index (χ0) is 17.7. The fraction of sp³-hybridized carbons (Fsp3) is 0.125. The number of nitrogens with two attached hydrogens (primary N) is 1. The van der Waals surface area contributed by atoms with Crippen molar-refractivity contribution >= 4 is 23.2 Å². The summed E-state index contributed by atoms with van der Waals surface area (Å²) in [5.41, 5.74) is 6.39. The third-order valence-corrected chi connectivity index (χ3v) is 3.21. The van der Waals surface area contributed by atoms with Crippen molar-refractivity contribution in [3.05, 3.63) is 63.7 Å². The molecule has 0 fully saturated rings. The summed E-state index contributed by atoms with van der Waals surface area (Å²) < 4.78 is 5.29. The first kappa shape index (κ1) is 16.9. The van der Waals surface area contributed by atoms with Crippen LogP contribution in [0.25, 0.3) is 0 Å². The van der Waals surface area contributed by atoms with E-state index in [1.807, 2.05) is 0 Å². The van der Waals surface area contributed by atoms with Gasteiger partial charge in [-0.2, -0.15) is 0 Å². The number of aryl methyl sites for hydroxylation is 1. The van der Waals surface area contributed by atoms with Gasteiger partial charge in [0.15, 0.2) is 6.61 Å². The number of nitro groups is 1. The highest BCUT2D eigenvalue weighted by molar-refractivity contribution is 5.93. The first-order chi connectivity index (χ1) is 11.4. The predicted molar refractivity (Wildman–Crippen MR) is 86.9 cm³/mol. The third kappa shape index (κ3) is 4.29. The fourth-order valence-electron chi connectivity index (χ4n) is 1.91. The summed E-state index contributed by atoms with van der Waals surface area (Å²) in [6, 6.07) is 10.2. The summed E-state index contributed by atoms with van der Waals surface area (Å²) >= 11 is 0. The van der Waals surface area contributed by atoms with Crippen LogP contribution in [0.4, 0.5) is 11.4 Å². The summed E-state index contributed by atoms with van der Waals surface area (Å²) in [7, 11) is 0. The van der Waals surface area contributed by atoms with Crippen molar-refractivity contribution in [2.75, 3.05) is 11.9 Å². The van der Waals surface area contributed by atoms with E-state index < -0.39 is 16.7 Å². The molecular weight excluding hydrogens is 314 g/mol. The number of carbonyl (C=O) groups excluding carboxylic acids is 2. The van der Waals surface area contributed by atoms with Gasteiger partial charge in [-0.25, -0.2) is 0 Å². The second-order valence-electron chi connectivity index (χ2n) is 4.98. The standard InChI is InChI=1S/C16H15N3O5/c1-10-2-5-12(19(22)23)8-14(10)18-15(20)9-24-13-6-3-11(4-7-13)16(17)21/h2-8H,9H2,1H3,(H2,17,21)(H,18,20). The van der Waals surface area contributed by atoms with E-state index in [2.05, 4.69) is 5.32 Å². The predicted octanol–water partition coefficient (Wildman–Crippen LogP) is 2.02. The molecule has 0 saturated carbocycles. The summed E-state index contributed by atoms with van der Waals surface area (Å²) in [5.74, 6) is -0.621. The SMILES string of the molecule is Cc1ccc([N+](=O)[O-])cc1NC(=O)COc1ccc(C(N)=O)cc1. The van der Waals surface area contributed by atoms with Crippen molar-refractivity contribution in [1.82, 2.24) is 0 Å². The monoisotopic (exact) mass is 329 g/mol. The average molecular weight is 329 g/mol. The number of hydrogen-bond donors (Lipinski definition) is 2. The lowest BCUT2D eigenvalue weighted by Gasteiger charge is -2.09. The number of anilines is 1. The minimum Gasteiger partial charge on any atom is -0.484 e. The molecule has 8 heteroatoms. The fourth-order valence-corrected chi connectivity index (χ4v) is 1.91. The number of nitrogens with one attached hydrogen (secondary N) is 1. The lowest BCUT2D eigenvalue weighted by atomic mass is 10.2. The van der Waals surface area contributed by atoms with Crippen LogP contribution in [-0.4, -0.2) is 23.3 Å². The second-order valence-corrected chi connectivity index (χ2v) is 4.98. The molecule has 8 nitrogen and oxygen atoms in total. The number of hydrogen-bond acceptors (Lipinski definition) is 5. The Bertz CT molecular complexity index is 787. The molecule has 2 aromatic carbocycles. The third-order valence-electron chi connectivity index (χ3n) is 3.21. The molecule has 0 saturated heterocycles. The van der Waals surface area contributed by atoms with Gasteiger partial charge in [-0.05, 0) is 36.8 Å². The number of ether oxygens (including phenoxy) is 1. The van der Waals surface area contributed by atoms with Crippen molar-refractivity contribution in [1.29, 1.82) is 0 Å². The summed E-state index contributed by atoms with van der Waals surface area (Å²) in [6.07, 6.45) is 0. The van der Waals surface area contributed by atoms with Crippen LogP contribution >= 0.6 is 0 Å². The Kier molecular flexibility index (Phi) is 5.10. The van der Waals surface area contributed by atoms with E-state index >= 15 is 0 Å². The zero-order valence-corrected chi connectivity index (χ0v) is 12.8. The minimum atomic E-state index is -0.555. The lowest BCUT2D eigenvalue weighted by molar-refractivity contribution is -0.384. The number of nitrogens with zero attached hydrogens (tertiary/aromatic N) is 1. The quantitative estimate of drug-likeness (QED) is 0.619. The van der Waals surface area contributed by atoms with E-state index in [0.717, 1.165) is 0 Å². The summed E-state index contributed by atoms with van der Waals surface area (Å²) in [6.45, 7) is 1.45. The Morgan fingerprint density at radius 2 is 1.88 bits per heavy atom. The Balaban J connectivity index is 1.97. The molecule has 0 heterocycles. The van der Waals surface area contributed by atoms with Crippen LogP contribution in [0.5, 0.6) is 5.75 Å². The van der Waals surface area contributed by atoms with Gasteiger partial charge in [0.2, 0.25) is 5.91 Å². The minimum absolute atomic E-state index is 0.112. The highest BCUT2D eigenvalue weighted by Crippen LogP contribution is 2.21. The van der Waals surface area contributed by atoms with E-state index in [9.17, 15) is 19.7 Å². The highest BCUT2D eigenvalue weighted by Gasteiger charge is 2.11. The van der Waals surface area contributed by atoms with Crippen LogP contribution in [0, 0.1) is 17.0 Å². The van der Waals surface area contributed by atoms with Crippen LogP contribution in [-0.2, 0) is 4.79 Å². The number of benzene rings is 2. The second kappa shape index (κ2) is 7.23. The van der Waals surface area contributed by atoms with Gasteiger partial charge < -0.3 is 15.8 Å². The van der Waals surface area contributed by atoms with Gasteiger partial charge in [-0.15, -0.1) is 0 Å². The summed E-state index contributed by atoms with van der Waals surface area (Å²) in [5, 5.41) is 13.3. The van der Waals surface area contributed by atoms with Gasteiger partial charge >= 0.3 is 0 Å². The van der Waals surface area contributed by atoms with Crippen molar-refractivity contribution in [2.45, 2.75) is 6.92 Å². The van der Waals surface area contributed by atoms with Gasteiger partial charge in [0.1, 0.15) is 5.75 Å². The molecule has 24 heavy (non-hydrogen) atoms. The normalized spacial score (nSPS) is 10.0. The first-order valence-corrected chi connectivity index (χ1v) is 6.94. The maximum absolute atomic E-state index is 11.9. The number of amides is 2. The van der Waals surface area contributed by atoms with Crippen molar-refractivity contribution in [2.24, 2.45) is 5.73 Å². The highest BCUT2D eigenvalue weighted by atomic mass is 16.6. The molecule has 0 radical (unpaired) electrons. The average Bonchev–Trinajstić information content (AvgIpc) is 2.55. The van der Waals surface area contributed by atoms with Crippen molar-refractivity contribution < 1.29 is 19.2 Å². The molecule has 3 N–H and O–H groups in total. The largest absolute Gasteiger partial charge is 0.484 e. The molecule has 2 aromatic rings. The number of rotatable bonds is 6. The number of primary amides is 1. The number of nitro benzene ring substituents is 1. The summed E-state index contributed by atoms with van der Waals surface area (Å²) in [4.78, 5) is 33.1. The first-order valence-electron chi connectivity index (χ1n) is 6.94. The Morgan fingerprint density at radius 1 is 1.21 bits per heavy atom. The van der Waals surface area contributed by atoms with Gasteiger partial charge in [0, 0.05) is 17.7 Å². The van der Waals surface area contributed by atoms with Gasteiger partial charge in [-0.1, -0.05) is 6.07 Å². The molecule has 0 bridgehead atoms. The van der Waals surface area contributed by atoms with E-state index in [0.29, 0.717) is 22.6 Å². The van der Waals surface area contributed by atoms with Crippen LogP contribution in [0.1, 0.15) is 15.9 Å². The molecule has 0 unspecified atom stereocenters. The lowest BCUT2D eigenvalue weighted by Crippen LogP contribution is -2.20. The molecule has 0 atom stereocenters. The van der Waals surface area contributed by atoms with Crippen molar-refractivity contribution in [3.8, 4) is 5.75 Å². The Morgan fingerprint density at radius 3 is 2.46 bits per heavy atom. The Labute approximate surface area is 137 Å². The molecule has 0 spiro atoms. The van der Waals surface area contributed by atoms with Crippen LogP contribution in [0.3, 0.4) is 0 Å². The van der Waals surface area contributed by atoms with E-state index in [-0.39, 0.29) is 12.3 Å². The van der Waals surface area contributed by atoms with Crippen LogP contribution in [0.15, 0.2) is 42.5 Å². The number of non-ortho nitro benzene ring substituents is 1. The maximum atomic E-state index is 11.9. The van der Waals surface area contributed by atoms with E-state index in [4.69, 9.17) is 10.5 Å².